The molecule has 0 spiro atoms. The van der Waals surface area contributed by atoms with Crippen LogP contribution in [0.2, 0.25) is 0 Å². The number of nitrogens with zero attached hydrogens (tertiary/aromatic N) is 2. The van der Waals surface area contributed by atoms with Crippen molar-refractivity contribution in [3.8, 4) is 5.75 Å². The molecule has 1 N–H and O–H groups in total. The van der Waals surface area contributed by atoms with Gasteiger partial charge in [-0.05, 0) is 51.5 Å². The Bertz CT molecular complexity index is 1010. The molecule has 138 valence electrons. The molecular weight excluding hydrogens is 504 g/mol. The number of phenols is 1. The lowest BCUT2D eigenvalue weighted by molar-refractivity contribution is -0.384. The minimum absolute atomic E-state index is 0.0521. The second-order valence-electron chi connectivity index (χ2n) is 5.52. The number of hydrogen-bond donors (Lipinski definition) is 1. The van der Waals surface area contributed by atoms with Crippen LogP contribution < -0.4 is 0 Å². The van der Waals surface area contributed by atoms with E-state index in [1.165, 1.54) is 24.3 Å². The van der Waals surface area contributed by atoms with Crippen molar-refractivity contribution in [2.24, 2.45) is 0 Å². The van der Waals surface area contributed by atoms with Gasteiger partial charge < -0.3 is 5.11 Å². The molecule has 10 heteroatoms. The molecule has 3 rings (SSSR count). The molecule has 1 aliphatic heterocycles. The molecule has 1 heterocycles. The third-order valence-corrected chi connectivity index (χ3v) is 5.65. The number of nitro benzene ring substituents is 1. The normalized spacial score (nSPS) is 15.6. The number of nitro groups is 1. The molecule has 2 aromatic carbocycles. The largest absolute Gasteiger partial charge is 0.506 e. The minimum Gasteiger partial charge on any atom is -0.506 e. The van der Waals surface area contributed by atoms with Gasteiger partial charge in [0.15, 0.2) is 0 Å². The van der Waals surface area contributed by atoms with Gasteiger partial charge in [-0.25, -0.2) is 0 Å². The van der Waals surface area contributed by atoms with Crippen LogP contribution in [0.25, 0.3) is 6.08 Å². The molecule has 2 aromatic rings. The van der Waals surface area contributed by atoms with Crippen LogP contribution in [0.15, 0.2) is 50.2 Å². The Kier molecular flexibility index (Phi) is 5.68. The van der Waals surface area contributed by atoms with E-state index in [0.717, 1.165) is 16.7 Å². The summed E-state index contributed by atoms with van der Waals surface area (Å²) in [7, 11) is 0. The third kappa shape index (κ3) is 4.23. The molecule has 0 unspecified atom stereocenters. The first-order valence-electron chi connectivity index (χ1n) is 7.43. The summed E-state index contributed by atoms with van der Waals surface area (Å²) in [5.74, 6) is -0.573. The molecular formula is C17H10Br2N2O5S. The van der Waals surface area contributed by atoms with E-state index in [0.29, 0.717) is 20.1 Å². The molecule has 1 aliphatic rings. The van der Waals surface area contributed by atoms with Crippen LogP contribution in [0.3, 0.4) is 0 Å². The van der Waals surface area contributed by atoms with Crippen LogP contribution in [0.5, 0.6) is 5.75 Å². The topological polar surface area (TPSA) is 101 Å². The number of non-ortho nitro benzene ring substituents is 1. The van der Waals surface area contributed by atoms with Gasteiger partial charge in [-0.15, -0.1) is 0 Å². The Morgan fingerprint density at radius 1 is 1.22 bits per heavy atom. The zero-order valence-corrected chi connectivity index (χ0v) is 17.4. The third-order valence-electron chi connectivity index (χ3n) is 3.68. The number of carbonyl (C=O) groups is 2. The highest BCUT2D eigenvalue weighted by molar-refractivity contribution is 9.11. The quantitative estimate of drug-likeness (QED) is 0.348. The van der Waals surface area contributed by atoms with Crippen molar-refractivity contribution >= 4 is 66.5 Å². The number of amides is 2. The fourth-order valence-corrected chi connectivity index (χ4v) is 4.51. The Balaban J connectivity index is 1.87. The lowest BCUT2D eigenvalue weighted by Crippen LogP contribution is -2.27. The fourth-order valence-electron chi connectivity index (χ4n) is 2.42. The summed E-state index contributed by atoms with van der Waals surface area (Å²) in [6.07, 6.45) is 1.43. The van der Waals surface area contributed by atoms with Gasteiger partial charge in [-0.3, -0.25) is 24.6 Å². The van der Waals surface area contributed by atoms with Gasteiger partial charge in [-0.1, -0.05) is 28.1 Å². The first kappa shape index (κ1) is 19.6. The van der Waals surface area contributed by atoms with E-state index in [9.17, 15) is 24.8 Å². The van der Waals surface area contributed by atoms with Crippen LogP contribution in [0, 0.1) is 10.1 Å². The van der Waals surface area contributed by atoms with Crippen LogP contribution in [-0.4, -0.2) is 26.1 Å². The van der Waals surface area contributed by atoms with Crippen molar-refractivity contribution in [3.63, 3.8) is 0 Å². The summed E-state index contributed by atoms with van der Waals surface area (Å²) in [6.45, 7) is -0.0716. The Hall–Kier alpha value is -2.17. The zero-order valence-electron chi connectivity index (χ0n) is 13.4. The predicted octanol–water partition coefficient (Wildman–Crippen LogP) is 5.06. The summed E-state index contributed by atoms with van der Waals surface area (Å²) in [4.78, 5) is 36.4. The highest BCUT2D eigenvalue weighted by atomic mass is 79.9. The van der Waals surface area contributed by atoms with E-state index < -0.39 is 16.1 Å². The highest BCUT2D eigenvalue weighted by Crippen LogP contribution is 2.38. The Morgan fingerprint density at radius 2 is 1.96 bits per heavy atom. The summed E-state index contributed by atoms with van der Waals surface area (Å²) in [6, 6.07) is 9.04. The first-order chi connectivity index (χ1) is 12.8. The van der Waals surface area contributed by atoms with E-state index in [1.54, 1.807) is 18.2 Å². The smallest absolute Gasteiger partial charge is 0.293 e. The van der Waals surface area contributed by atoms with Crippen LogP contribution in [0.4, 0.5) is 10.5 Å². The number of phenolic OH excluding ortho intramolecular Hbond substituents is 1. The molecule has 0 bridgehead atoms. The highest BCUT2D eigenvalue weighted by Gasteiger charge is 2.35. The van der Waals surface area contributed by atoms with Crippen molar-refractivity contribution in [2.45, 2.75) is 6.54 Å². The Labute approximate surface area is 174 Å². The maximum atomic E-state index is 12.6. The summed E-state index contributed by atoms with van der Waals surface area (Å²) in [5.41, 5.74) is 0.733. The SMILES string of the molecule is O=C1S/C(=C\c2cc(Br)cc(Br)c2O)C(=O)N1Cc1cccc([N+](=O)[O-])c1. The fraction of sp³-hybridized carbons (Fsp3) is 0.0588. The standard InChI is InChI=1S/C17H10Br2N2O5S/c18-11-5-10(15(22)13(19)7-11)6-14-16(23)20(17(24)27-14)8-9-2-1-3-12(4-9)21(25)26/h1-7,22H,8H2/b14-6-. The van der Waals surface area contributed by atoms with Gasteiger partial charge >= 0.3 is 0 Å². The van der Waals surface area contributed by atoms with Crippen molar-refractivity contribution < 1.29 is 19.6 Å². The number of carbonyl (C=O) groups excluding carboxylic acids is 2. The van der Waals surface area contributed by atoms with Gasteiger partial charge in [0.2, 0.25) is 0 Å². The van der Waals surface area contributed by atoms with Crippen LogP contribution >= 0.6 is 43.6 Å². The summed E-state index contributed by atoms with van der Waals surface area (Å²) in [5, 5.41) is 20.5. The average Bonchev–Trinajstić information content (AvgIpc) is 2.87. The van der Waals surface area contributed by atoms with Gasteiger partial charge in [0.05, 0.1) is 20.8 Å². The molecule has 27 heavy (non-hydrogen) atoms. The van der Waals surface area contributed by atoms with Crippen molar-refractivity contribution in [1.82, 2.24) is 4.90 Å². The van der Waals surface area contributed by atoms with Crippen molar-refractivity contribution in [3.05, 3.63) is 71.5 Å². The second kappa shape index (κ2) is 7.83. The Morgan fingerprint density at radius 3 is 2.67 bits per heavy atom. The maximum Gasteiger partial charge on any atom is 0.293 e. The maximum absolute atomic E-state index is 12.6. The summed E-state index contributed by atoms with van der Waals surface area (Å²) < 4.78 is 1.13. The molecule has 7 nitrogen and oxygen atoms in total. The number of rotatable bonds is 4. The molecule has 0 radical (unpaired) electrons. The predicted molar refractivity (Wildman–Crippen MR) is 108 cm³/mol. The van der Waals surface area contributed by atoms with Gasteiger partial charge in [0, 0.05) is 22.2 Å². The second-order valence-corrected chi connectivity index (χ2v) is 8.28. The van der Waals surface area contributed by atoms with E-state index in [1.807, 2.05) is 0 Å². The minimum atomic E-state index is -0.537. The molecule has 1 saturated heterocycles. The lowest BCUT2D eigenvalue weighted by atomic mass is 10.1. The molecule has 0 aromatic heterocycles. The van der Waals surface area contributed by atoms with Crippen molar-refractivity contribution in [1.29, 1.82) is 0 Å². The van der Waals surface area contributed by atoms with E-state index >= 15 is 0 Å². The molecule has 0 atom stereocenters. The van der Waals surface area contributed by atoms with Crippen molar-refractivity contribution in [2.75, 3.05) is 0 Å². The number of hydrogen-bond acceptors (Lipinski definition) is 6. The first-order valence-corrected chi connectivity index (χ1v) is 9.83. The number of benzene rings is 2. The molecule has 0 saturated carbocycles. The number of imide groups is 1. The van der Waals surface area contributed by atoms with Gasteiger partial charge in [-0.2, -0.15) is 0 Å². The average molecular weight is 514 g/mol. The molecule has 1 fully saturated rings. The number of thioether (sulfide) groups is 1. The van der Waals surface area contributed by atoms with Crippen LogP contribution in [0.1, 0.15) is 11.1 Å². The van der Waals surface area contributed by atoms with E-state index in [-0.39, 0.29) is 22.9 Å². The monoisotopic (exact) mass is 512 g/mol. The number of aromatic hydroxyl groups is 1. The molecule has 0 aliphatic carbocycles. The van der Waals surface area contributed by atoms with Gasteiger partial charge in [0.25, 0.3) is 16.8 Å². The van der Waals surface area contributed by atoms with E-state index in [2.05, 4.69) is 31.9 Å². The lowest BCUT2D eigenvalue weighted by Gasteiger charge is -2.12. The van der Waals surface area contributed by atoms with E-state index in [4.69, 9.17) is 0 Å². The van der Waals surface area contributed by atoms with Crippen LogP contribution in [-0.2, 0) is 11.3 Å². The summed E-state index contributed by atoms with van der Waals surface area (Å²) >= 11 is 7.27. The van der Waals surface area contributed by atoms with Gasteiger partial charge in [0.1, 0.15) is 5.75 Å². The molecule has 2 amide bonds. The number of halogens is 2. The zero-order chi connectivity index (χ0) is 19.7.